The highest BCUT2D eigenvalue weighted by molar-refractivity contribution is 7.92. The fourth-order valence-electron chi connectivity index (χ4n) is 1.61. The van der Waals surface area contributed by atoms with Gasteiger partial charge in [-0.1, -0.05) is 11.6 Å². The molecule has 0 aliphatic carbocycles. The number of halogens is 1. The number of fused-ring (bicyclic) bond motifs is 1. The van der Waals surface area contributed by atoms with Crippen LogP contribution < -0.4 is 0 Å². The first kappa shape index (κ1) is 9.68. The molecule has 1 aliphatic rings. The van der Waals surface area contributed by atoms with E-state index >= 15 is 0 Å². The minimum atomic E-state index is -3.44. The maximum absolute atomic E-state index is 11.6. The van der Waals surface area contributed by atoms with Crippen molar-refractivity contribution in [3.8, 4) is 0 Å². The Kier molecular flexibility index (Phi) is 1.94. The third kappa shape index (κ3) is 1.18. The minimum Gasteiger partial charge on any atom is -0.293 e. The lowest BCUT2D eigenvalue weighted by molar-refractivity contribution is 0.102. The third-order valence-corrected chi connectivity index (χ3v) is 4.47. The maximum atomic E-state index is 11.6. The lowest BCUT2D eigenvalue weighted by atomic mass is 10.1. The zero-order valence-electron chi connectivity index (χ0n) is 7.37. The van der Waals surface area contributed by atoms with E-state index in [9.17, 15) is 13.2 Å². The van der Waals surface area contributed by atoms with Gasteiger partial charge in [0.1, 0.15) is 5.75 Å². The summed E-state index contributed by atoms with van der Waals surface area (Å²) >= 11 is 5.79. The summed E-state index contributed by atoms with van der Waals surface area (Å²) in [7, 11) is -3.44. The van der Waals surface area contributed by atoms with Gasteiger partial charge in [0.05, 0.1) is 4.90 Å². The number of ketones is 1. The van der Waals surface area contributed by atoms with Crippen molar-refractivity contribution in [2.45, 2.75) is 11.8 Å². The summed E-state index contributed by atoms with van der Waals surface area (Å²) < 4.78 is 23.1. The Morgan fingerprint density at radius 3 is 2.64 bits per heavy atom. The van der Waals surface area contributed by atoms with Crippen molar-refractivity contribution in [2.75, 3.05) is 5.75 Å². The number of carbonyl (C=O) groups excluding carboxylic acids is 1. The lowest BCUT2D eigenvalue weighted by Crippen LogP contribution is -2.03. The Balaban J connectivity index is 2.91. The van der Waals surface area contributed by atoms with E-state index in [1.54, 1.807) is 13.0 Å². The van der Waals surface area contributed by atoms with Gasteiger partial charge in [-0.2, -0.15) is 0 Å². The maximum Gasteiger partial charge on any atom is 0.186 e. The van der Waals surface area contributed by atoms with Crippen LogP contribution in [0.25, 0.3) is 0 Å². The van der Waals surface area contributed by atoms with Crippen LogP contribution in [0, 0.1) is 6.92 Å². The molecule has 0 N–H and O–H groups in total. The number of Topliss-reactive ketones (excluding diaryl/α,β-unsaturated/α-hetero) is 1. The van der Waals surface area contributed by atoms with E-state index in [0.717, 1.165) is 0 Å². The topological polar surface area (TPSA) is 51.2 Å². The van der Waals surface area contributed by atoms with Gasteiger partial charge in [-0.25, -0.2) is 8.42 Å². The number of hydrogen-bond donors (Lipinski definition) is 0. The van der Waals surface area contributed by atoms with E-state index in [1.165, 1.54) is 6.07 Å². The number of benzene rings is 1. The van der Waals surface area contributed by atoms with Crippen molar-refractivity contribution >= 4 is 27.2 Å². The number of sulfone groups is 1. The Hall–Kier alpha value is -0.870. The first-order valence-corrected chi connectivity index (χ1v) is 6.01. The lowest BCUT2D eigenvalue weighted by Gasteiger charge is -2.03. The molecule has 1 aliphatic heterocycles. The number of carbonyl (C=O) groups is 1. The summed E-state index contributed by atoms with van der Waals surface area (Å²) in [5, 5.41) is 0.377. The summed E-state index contributed by atoms with van der Waals surface area (Å²) in [6.45, 7) is 1.61. The molecule has 0 bridgehead atoms. The van der Waals surface area contributed by atoms with Crippen molar-refractivity contribution < 1.29 is 13.2 Å². The molecule has 1 aromatic carbocycles. The van der Waals surface area contributed by atoms with Crippen molar-refractivity contribution in [2.24, 2.45) is 0 Å². The molecule has 0 aromatic heterocycles. The largest absolute Gasteiger partial charge is 0.293 e. The van der Waals surface area contributed by atoms with Crippen LogP contribution in [0.5, 0.6) is 0 Å². The van der Waals surface area contributed by atoms with E-state index in [-0.39, 0.29) is 16.2 Å². The summed E-state index contributed by atoms with van der Waals surface area (Å²) in [5.74, 6) is -0.775. The standard InChI is InChI=1S/C9H7ClO3S/c1-5-7(10)3-2-6-8(11)4-14(12,13)9(5)6/h2-3H,4H2,1H3. The second kappa shape index (κ2) is 2.81. The normalized spacial score (nSPS) is 18.3. The van der Waals surface area contributed by atoms with Crippen LogP contribution in [0.3, 0.4) is 0 Å². The van der Waals surface area contributed by atoms with Gasteiger partial charge in [0.15, 0.2) is 15.6 Å². The molecule has 3 nitrogen and oxygen atoms in total. The van der Waals surface area contributed by atoms with Crippen LogP contribution in [-0.2, 0) is 9.84 Å². The molecule has 0 fully saturated rings. The fraction of sp³-hybridized carbons (Fsp3) is 0.222. The molecule has 0 unspecified atom stereocenters. The molecule has 0 atom stereocenters. The van der Waals surface area contributed by atoms with Crippen LogP contribution in [0.15, 0.2) is 17.0 Å². The zero-order chi connectivity index (χ0) is 10.5. The van der Waals surface area contributed by atoms with Gasteiger partial charge in [0.25, 0.3) is 0 Å². The molecular weight excluding hydrogens is 224 g/mol. The predicted octanol–water partition coefficient (Wildman–Crippen LogP) is 1.62. The summed E-state index contributed by atoms with van der Waals surface area (Å²) in [6, 6.07) is 3.02. The Morgan fingerprint density at radius 2 is 2.00 bits per heavy atom. The highest BCUT2D eigenvalue weighted by Crippen LogP contribution is 2.32. The SMILES string of the molecule is Cc1c(Cl)ccc2c1S(=O)(=O)CC2=O. The first-order valence-electron chi connectivity index (χ1n) is 3.98. The Bertz CT molecular complexity index is 531. The third-order valence-electron chi connectivity index (χ3n) is 2.27. The van der Waals surface area contributed by atoms with Gasteiger partial charge >= 0.3 is 0 Å². The average molecular weight is 231 g/mol. The summed E-state index contributed by atoms with van der Waals surface area (Å²) in [5.41, 5.74) is 0.738. The van der Waals surface area contributed by atoms with E-state index < -0.39 is 15.6 Å². The van der Waals surface area contributed by atoms with E-state index in [4.69, 9.17) is 11.6 Å². The van der Waals surface area contributed by atoms with Crippen LogP contribution in [0.4, 0.5) is 0 Å². The summed E-state index contributed by atoms with van der Waals surface area (Å²) in [4.78, 5) is 11.4. The van der Waals surface area contributed by atoms with Gasteiger partial charge in [-0.3, -0.25) is 4.79 Å². The molecule has 1 aromatic rings. The van der Waals surface area contributed by atoms with Gasteiger partial charge in [-0.05, 0) is 24.6 Å². The Morgan fingerprint density at radius 1 is 1.36 bits per heavy atom. The van der Waals surface area contributed by atoms with E-state index in [2.05, 4.69) is 0 Å². The molecule has 2 rings (SSSR count). The number of rotatable bonds is 0. The predicted molar refractivity (Wildman–Crippen MR) is 52.6 cm³/mol. The van der Waals surface area contributed by atoms with Crippen LogP contribution in [-0.4, -0.2) is 20.0 Å². The highest BCUT2D eigenvalue weighted by Gasteiger charge is 2.35. The van der Waals surface area contributed by atoms with E-state index in [1.807, 2.05) is 0 Å². The molecule has 0 saturated heterocycles. The smallest absolute Gasteiger partial charge is 0.186 e. The molecule has 0 spiro atoms. The molecule has 0 radical (unpaired) electrons. The van der Waals surface area contributed by atoms with Gasteiger partial charge in [0.2, 0.25) is 0 Å². The van der Waals surface area contributed by atoms with Crippen LogP contribution in [0.1, 0.15) is 15.9 Å². The fourth-order valence-corrected chi connectivity index (χ4v) is 3.56. The van der Waals surface area contributed by atoms with Crippen molar-refractivity contribution in [3.05, 3.63) is 28.3 Å². The van der Waals surface area contributed by atoms with Crippen LogP contribution in [0.2, 0.25) is 5.02 Å². The zero-order valence-corrected chi connectivity index (χ0v) is 8.95. The average Bonchev–Trinajstić information content (AvgIpc) is 2.29. The molecule has 5 heteroatoms. The molecule has 1 heterocycles. The van der Waals surface area contributed by atoms with Gasteiger partial charge in [-0.15, -0.1) is 0 Å². The van der Waals surface area contributed by atoms with E-state index in [0.29, 0.717) is 10.6 Å². The Labute approximate surface area is 86.6 Å². The highest BCUT2D eigenvalue weighted by atomic mass is 35.5. The molecular formula is C9H7ClO3S. The molecule has 0 saturated carbocycles. The van der Waals surface area contributed by atoms with Crippen LogP contribution >= 0.6 is 11.6 Å². The molecule has 74 valence electrons. The molecule has 0 amide bonds. The minimum absolute atomic E-state index is 0.106. The quantitative estimate of drug-likeness (QED) is 0.681. The first-order chi connectivity index (χ1) is 6.43. The second-order valence-electron chi connectivity index (χ2n) is 3.23. The van der Waals surface area contributed by atoms with Crippen molar-refractivity contribution in [3.63, 3.8) is 0 Å². The number of hydrogen-bond acceptors (Lipinski definition) is 3. The summed E-state index contributed by atoms with van der Waals surface area (Å²) in [6.07, 6.45) is 0. The molecule has 14 heavy (non-hydrogen) atoms. The monoisotopic (exact) mass is 230 g/mol. The van der Waals surface area contributed by atoms with Gasteiger partial charge < -0.3 is 0 Å². The van der Waals surface area contributed by atoms with Gasteiger partial charge in [0, 0.05) is 10.6 Å². The second-order valence-corrected chi connectivity index (χ2v) is 5.56. The van der Waals surface area contributed by atoms with Crippen molar-refractivity contribution in [1.82, 2.24) is 0 Å². The van der Waals surface area contributed by atoms with Crippen molar-refractivity contribution in [1.29, 1.82) is 0 Å².